The van der Waals surface area contributed by atoms with Crippen molar-refractivity contribution < 1.29 is 13.6 Å². The monoisotopic (exact) mass is 235 g/mol. The molecule has 0 aromatic carbocycles. The van der Waals surface area contributed by atoms with Crippen molar-refractivity contribution in [2.24, 2.45) is 11.1 Å². The maximum absolute atomic E-state index is 11.8. The number of rotatable bonds is 2. The van der Waals surface area contributed by atoms with E-state index in [1.807, 2.05) is 6.92 Å². The maximum Gasteiger partial charge on any atom is 0.281 e. The third-order valence-corrected chi connectivity index (χ3v) is 4.49. The summed E-state index contributed by atoms with van der Waals surface area (Å²) in [5.74, 6) is -0.0292. The van der Waals surface area contributed by atoms with Gasteiger partial charge in [-0.3, -0.25) is 0 Å². The first-order valence-corrected chi connectivity index (χ1v) is 6.17. The number of hydrogen-bond acceptors (Lipinski definition) is 4. The molecule has 0 amide bonds. The van der Waals surface area contributed by atoms with Crippen molar-refractivity contribution in [3.8, 4) is 0 Å². The van der Waals surface area contributed by atoms with Crippen molar-refractivity contribution in [1.82, 2.24) is 8.61 Å². The fourth-order valence-corrected chi connectivity index (χ4v) is 2.77. The van der Waals surface area contributed by atoms with Crippen LogP contribution in [0.3, 0.4) is 0 Å². The minimum Gasteiger partial charge on any atom is -0.411 e. The molecule has 0 saturated carbocycles. The molecule has 0 spiro atoms. The molecule has 0 aromatic rings. The van der Waals surface area contributed by atoms with E-state index in [9.17, 15) is 8.42 Å². The van der Waals surface area contributed by atoms with Gasteiger partial charge >= 0.3 is 0 Å². The normalized spacial score (nSPS) is 27.5. The molecule has 1 heterocycles. The third kappa shape index (κ3) is 2.47. The van der Waals surface area contributed by atoms with Crippen LogP contribution in [0.2, 0.25) is 0 Å². The van der Waals surface area contributed by atoms with Crippen LogP contribution in [0.1, 0.15) is 13.3 Å². The standard InChI is InChI=1S/C8H17N3O3S/c1-7-6-11(5-4-8(7)9-12)15(13,14)10(2)3/h7,12H,4-6H2,1-3H3. The highest BCUT2D eigenvalue weighted by Crippen LogP contribution is 2.17. The summed E-state index contributed by atoms with van der Waals surface area (Å²) in [6.45, 7) is 2.61. The first-order chi connectivity index (χ1) is 6.89. The van der Waals surface area contributed by atoms with Gasteiger partial charge < -0.3 is 5.21 Å². The molecule has 15 heavy (non-hydrogen) atoms. The lowest BCUT2D eigenvalue weighted by Crippen LogP contribution is -2.47. The van der Waals surface area contributed by atoms with Gasteiger partial charge in [0.05, 0.1) is 5.71 Å². The summed E-state index contributed by atoms with van der Waals surface area (Å²) >= 11 is 0. The van der Waals surface area contributed by atoms with Crippen molar-refractivity contribution in [2.75, 3.05) is 27.2 Å². The lowest BCUT2D eigenvalue weighted by atomic mass is 10.00. The topological polar surface area (TPSA) is 73.2 Å². The van der Waals surface area contributed by atoms with Crippen LogP contribution in [0.25, 0.3) is 0 Å². The lowest BCUT2D eigenvalue weighted by Gasteiger charge is -2.32. The van der Waals surface area contributed by atoms with E-state index >= 15 is 0 Å². The summed E-state index contributed by atoms with van der Waals surface area (Å²) in [7, 11) is -0.315. The van der Waals surface area contributed by atoms with Gasteiger partial charge in [-0.25, -0.2) is 0 Å². The molecule has 1 atom stereocenters. The number of piperidine rings is 1. The van der Waals surface area contributed by atoms with Gasteiger partial charge in [-0.1, -0.05) is 12.1 Å². The SMILES string of the molecule is CC1CN(S(=O)(=O)N(C)C)CCC1=NO. The van der Waals surface area contributed by atoms with Gasteiger partial charge in [-0.15, -0.1) is 0 Å². The summed E-state index contributed by atoms with van der Waals surface area (Å²) in [5, 5.41) is 11.8. The van der Waals surface area contributed by atoms with E-state index in [2.05, 4.69) is 5.16 Å². The van der Waals surface area contributed by atoms with Gasteiger partial charge in [0.1, 0.15) is 0 Å². The summed E-state index contributed by atoms with van der Waals surface area (Å²) in [5.41, 5.74) is 0.667. The second kappa shape index (κ2) is 4.46. The largest absolute Gasteiger partial charge is 0.411 e. The highest BCUT2D eigenvalue weighted by molar-refractivity contribution is 7.86. The van der Waals surface area contributed by atoms with E-state index in [0.29, 0.717) is 25.2 Å². The minimum atomic E-state index is -3.33. The molecule has 0 aliphatic carbocycles. The summed E-state index contributed by atoms with van der Waals surface area (Å²) in [6, 6.07) is 0. The van der Waals surface area contributed by atoms with Crippen LogP contribution in [-0.4, -0.2) is 55.1 Å². The van der Waals surface area contributed by atoms with Gasteiger partial charge in [0.2, 0.25) is 0 Å². The first kappa shape index (κ1) is 12.4. The highest BCUT2D eigenvalue weighted by Gasteiger charge is 2.31. The minimum absolute atomic E-state index is 0.0292. The molecule has 1 rings (SSSR count). The molecule has 0 aromatic heterocycles. The van der Waals surface area contributed by atoms with Crippen molar-refractivity contribution in [3.05, 3.63) is 0 Å². The van der Waals surface area contributed by atoms with Crippen LogP contribution in [0.5, 0.6) is 0 Å². The fraction of sp³-hybridized carbons (Fsp3) is 0.875. The zero-order valence-electron chi connectivity index (χ0n) is 9.21. The van der Waals surface area contributed by atoms with Crippen molar-refractivity contribution in [2.45, 2.75) is 13.3 Å². The molecule has 0 radical (unpaired) electrons. The molecular formula is C8H17N3O3S. The molecule has 1 N–H and O–H groups in total. The van der Waals surface area contributed by atoms with Crippen molar-refractivity contribution in [1.29, 1.82) is 0 Å². The van der Waals surface area contributed by atoms with Gasteiger partial charge in [0.25, 0.3) is 10.2 Å². The van der Waals surface area contributed by atoms with Crippen LogP contribution in [0.4, 0.5) is 0 Å². The van der Waals surface area contributed by atoms with Crippen LogP contribution < -0.4 is 0 Å². The third-order valence-electron chi connectivity index (χ3n) is 2.58. The highest BCUT2D eigenvalue weighted by atomic mass is 32.2. The molecule has 1 saturated heterocycles. The van der Waals surface area contributed by atoms with Gasteiger partial charge in [-0.05, 0) is 0 Å². The Balaban J connectivity index is 2.79. The smallest absolute Gasteiger partial charge is 0.281 e. The van der Waals surface area contributed by atoms with E-state index in [-0.39, 0.29) is 5.92 Å². The molecule has 7 heteroatoms. The Kier molecular flexibility index (Phi) is 3.69. The molecule has 0 bridgehead atoms. The zero-order chi connectivity index (χ0) is 11.6. The maximum atomic E-state index is 11.8. The fourth-order valence-electron chi connectivity index (χ4n) is 1.58. The number of oxime groups is 1. The molecule has 1 aliphatic rings. The van der Waals surface area contributed by atoms with Gasteiger partial charge in [-0.2, -0.15) is 17.0 Å². The average molecular weight is 235 g/mol. The average Bonchev–Trinajstić information content (AvgIpc) is 2.17. The number of nitrogens with zero attached hydrogens (tertiary/aromatic N) is 3. The Bertz CT molecular complexity index is 350. The van der Waals surface area contributed by atoms with Crippen LogP contribution in [-0.2, 0) is 10.2 Å². The van der Waals surface area contributed by atoms with Crippen molar-refractivity contribution >= 4 is 15.9 Å². The Morgan fingerprint density at radius 1 is 1.53 bits per heavy atom. The van der Waals surface area contributed by atoms with Gasteiger partial charge in [0, 0.05) is 39.5 Å². The van der Waals surface area contributed by atoms with E-state index in [4.69, 9.17) is 5.21 Å². The van der Waals surface area contributed by atoms with Crippen molar-refractivity contribution in [3.63, 3.8) is 0 Å². The predicted molar refractivity (Wildman–Crippen MR) is 57.2 cm³/mol. The molecule has 1 fully saturated rings. The lowest BCUT2D eigenvalue weighted by molar-refractivity contribution is 0.296. The molecule has 88 valence electrons. The quantitative estimate of drug-likeness (QED) is 0.539. The van der Waals surface area contributed by atoms with E-state index in [1.165, 1.54) is 22.7 Å². The van der Waals surface area contributed by atoms with Crippen LogP contribution >= 0.6 is 0 Å². The second-order valence-electron chi connectivity index (χ2n) is 3.89. The van der Waals surface area contributed by atoms with Crippen LogP contribution in [0, 0.1) is 5.92 Å². The predicted octanol–water partition coefficient (Wildman–Crippen LogP) is -0.0352. The first-order valence-electron chi connectivity index (χ1n) is 4.78. The Morgan fingerprint density at radius 2 is 2.13 bits per heavy atom. The molecule has 1 unspecified atom stereocenters. The summed E-state index contributed by atoms with van der Waals surface area (Å²) in [6.07, 6.45) is 0.491. The second-order valence-corrected chi connectivity index (χ2v) is 6.03. The van der Waals surface area contributed by atoms with Crippen LogP contribution in [0.15, 0.2) is 5.16 Å². The summed E-state index contributed by atoms with van der Waals surface area (Å²) < 4.78 is 26.2. The number of hydrogen-bond donors (Lipinski definition) is 1. The molecular weight excluding hydrogens is 218 g/mol. The molecule has 1 aliphatic heterocycles. The Morgan fingerprint density at radius 3 is 2.53 bits per heavy atom. The summed E-state index contributed by atoms with van der Waals surface area (Å²) in [4.78, 5) is 0. The van der Waals surface area contributed by atoms with E-state index < -0.39 is 10.2 Å². The van der Waals surface area contributed by atoms with Gasteiger partial charge in [0.15, 0.2) is 0 Å². The Hall–Kier alpha value is -0.660. The molecule has 6 nitrogen and oxygen atoms in total. The Labute approximate surface area is 90.3 Å². The van der Waals surface area contributed by atoms with E-state index in [1.54, 1.807) is 0 Å². The van der Waals surface area contributed by atoms with E-state index in [0.717, 1.165) is 0 Å². The zero-order valence-corrected chi connectivity index (χ0v) is 10.0.